The lowest BCUT2D eigenvalue weighted by Crippen LogP contribution is -2.59. The van der Waals surface area contributed by atoms with Crippen LogP contribution < -0.4 is 15.4 Å². The Morgan fingerprint density at radius 1 is 1.10 bits per heavy atom. The molecule has 2 aromatic rings. The average molecular weight is 280 g/mol. The van der Waals surface area contributed by atoms with Crippen molar-refractivity contribution in [2.45, 2.75) is 38.5 Å². The standard InChI is InChI=1S/C18H20N2O/c1-17(2)14-6-4-5-7-15(14)20-11-12-10-13(19)8-9-16(12)21-18(17,20)3/h4-10H,11,19H2,1-3H3/t18-/m0/s1. The second-order valence-corrected chi connectivity index (χ2v) is 6.68. The third-order valence-electron chi connectivity index (χ3n) is 5.26. The summed E-state index contributed by atoms with van der Waals surface area (Å²) in [5.74, 6) is 0.948. The number of hydrogen-bond donors (Lipinski definition) is 1. The van der Waals surface area contributed by atoms with Crippen LogP contribution in [-0.4, -0.2) is 5.72 Å². The molecule has 0 aromatic heterocycles. The summed E-state index contributed by atoms with van der Waals surface area (Å²) in [4.78, 5) is 2.37. The van der Waals surface area contributed by atoms with Gasteiger partial charge in [0.2, 0.25) is 0 Å². The summed E-state index contributed by atoms with van der Waals surface area (Å²) in [5, 5.41) is 0. The minimum absolute atomic E-state index is 0.0807. The highest BCUT2D eigenvalue weighted by Crippen LogP contribution is 2.55. The van der Waals surface area contributed by atoms with Crippen molar-refractivity contribution in [3.8, 4) is 5.75 Å². The molecule has 3 nitrogen and oxygen atoms in total. The Morgan fingerprint density at radius 2 is 1.86 bits per heavy atom. The first-order valence-electron chi connectivity index (χ1n) is 7.38. The molecule has 0 saturated heterocycles. The molecule has 3 heteroatoms. The molecular formula is C18H20N2O. The van der Waals surface area contributed by atoms with Crippen molar-refractivity contribution >= 4 is 11.4 Å². The van der Waals surface area contributed by atoms with Gasteiger partial charge in [0.1, 0.15) is 5.75 Å². The first-order valence-corrected chi connectivity index (χ1v) is 7.38. The molecule has 4 rings (SSSR count). The van der Waals surface area contributed by atoms with Crippen LogP contribution >= 0.6 is 0 Å². The quantitative estimate of drug-likeness (QED) is 0.748. The Kier molecular flexibility index (Phi) is 2.23. The van der Waals surface area contributed by atoms with E-state index < -0.39 is 0 Å². The van der Waals surface area contributed by atoms with Crippen LogP contribution in [0.5, 0.6) is 5.75 Å². The smallest absolute Gasteiger partial charge is 0.189 e. The number of nitrogens with two attached hydrogens (primary N) is 1. The van der Waals surface area contributed by atoms with Gasteiger partial charge in [0.25, 0.3) is 0 Å². The van der Waals surface area contributed by atoms with Crippen LogP contribution in [0.25, 0.3) is 0 Å². The van der Waals surface area contributed by atoms with Crippen molar-refractivity contribution in [2.75, 3.05) is 10.6 Å². The second kappa shape index (κ2) is 3.73. The third kappa shape index (κ3) is 1.44. The number of hydrogen-bond acceptors (Lipinski definition) is 3. The fraction of sp³-hybridized carbons (Fsp3) is 0.333. The zero-order valence-electron chi connectivity index (χ0n) is 12.7. The van der Waals surface area contributed by atoms with E-state index in [1.165, 1.54) is 11.3 Å². The number of anilines is 2. The maximum absolute atomic E-state index is 6.47. The number of rotatable bonds is 0. The van der Waals surface area contributed by atoms with Crippen molar-refractivity contribution in [2.24, 2.45) is 0 Å². The first-order chi connectivity index (χ1) is 9.93. The molecule has 0 amide bonds. The van der Waals surface area contributed by atoms with E-state index in [1.54, 1.807) is 0 Å². The maximum Gasteiger partial charge on any atom is 0.189 e. The summed E-state index contributed by atoms with van der Waals surface area (Å²) in [7, 11) is 0. The summed E-state index contributed by atoms with van der Waals surface area (Å²) in [6, 6.07) is 14.5. The fourth-order valence-corrected chi connectivity index (χ4v) is 3.68. The molecule has 108 valence electrons. The molecule has 0 bridgehead atoms. The van der Waals surface area contributed by atoms with Gasteiger partial charge in [-0.2, -0.15) is 0 Å². The van der Waals surface area contributed by atoms with Gasteiger partial charge in [-0.1, -0.05) is 18.2 Å². The van der Waals surface area contributed by atoms with E-state index in [9.17, 15) is 0 Å². The number of fused-ring (bicyclic) bond motifs is 4. The second-order valence-electron chi connectivity index (χ2n) is 6.68. The van der Waals surface area contributed by atoms with Crippen molar-refractivity contribution in [1.82, 2.24) is 0 Å². The van der Waals surface area contributed by atoms with Crippen molar-refractivity contribution < 1.29 is 4.74 Å². The summed E-state index contributed by atoms with van der Waals surface area (Å²) >= 11 is 0. The van der Waals surface area contributed by atoms with E-state index in [-0.39, 0.29) is 11.1 Å². The van der Waals surface area contributed by atoms with Gasteiger partial charge in [0.15, 0.2) is 5.72 Å². The molecule has 1 atom stereocenters. The predicted octanol–water partition coefficient (Wildman–Crippen LogP) is 3.68. The molecular weight excluding hydrogens is 260 g/mol. The average Bonchev–Trinajstić information content (AvgIpc) is 2.63. The minimum atomic E-state index is -0.375. The lowest BCUT2D eigenvalue weighted by Gasteiger charge is -2.48. The Labute approximate surface area is 125 Å². The predicted molar refractivity (Wildman–Crippen MR) is 85.5 cm³/mol. The van der Waals surface area contributed by atoms with Crippen LogP contribution in [0.15, 0.2) is 42.5 Å². The van der Waals surface area contributed by atoms with E-state index in [0.717, 1.165) is 23.5 Å². The van der Waals surface area contributed by atoms with Crippen molar-refractivity contribution in [1.29, 1.82) is 0 Å². The monoisotopic (exact) mass is 280 g/mol. The first kappa shape index (κ1) is 12.6. The van der Waals surface area contributed by atoms with Crippen LogP contribution in [0.2, 0.25) is 0 Å². The van der Waals surface area contributed by atoms with Crippen molar-refractivity contribution in [3.05, 3.63) is 53.6 Å². The van der Waals surface area contributed by atoms with E-state index in [4.69, 9.17) is 10.5 Å². The number of nitrogen functional groups attached to an aromatic ring is 1. The molecule has 0 spiro atoms. The Morgan fingerprint density at radius 3 is 2.67 bits per heavy atom. The number of benzene rings is 2. The van der Waals surface area contributed by atoms with E-state index >= 15 is 0 Å². The van der Waals surface area contributed by atoms with Gasteiger partial charge in [0, 0.05) is 16.9 Å². The molecule has 2 N–H and O–H groups in total. The van der Waals surface area contributed by atoms with Gasteiger partial charge in [-0.3, -0.25) is 0 Å². The highest BCUT2D eigenvalue weighted by molar-refractivity contribution is 5.68. The highest BCUT2D eigenvalue weighted by atomic mass is 16.5. The molecule has 2 aliphatic rings. The van der Waals surface area contributed by atoms with Gasteiger partial charge in [-0.15, -0.1) is 0 Å². The van der Waals surface area contributed by atoms with Gasteiger partial charge in [-0.25, -0.2) is 0 Å². The molecule has 2 aliphatic heterocycles. The molecule has 0 saturated carbocycles. The van der Waals surface area contributed by atoms with Crippen LogP contribution in [0.1, 0.15) is 31.9 Å². The molecule has 2 aromatic carbocycles. The van der Waals surface area contributed by atoms with Gasteiger partial charge < -0.3 is 15.4 Å². The van der Waals surface area contributed by atoms with Gasteiger partial charge in [0.05, 0.1) is 12.0 Å². The molecule has 0 fully saturated rings. The number of para-hydroxylation sites is 1. The molecule has 0 unspecified atom stereocenters. The Hall–Kier alpha value is -2.16. The minimum Gasteiger partial charge on any atom is -0.467 e. The molecule has 0 aliphatic carbocycles. The topological polar surface area (TPSA) is 38.5 Å². The fourth-order valence-electron chi connectivity index (χ4n) is 3.68. The third-order valence-corrected chi connectivity index (χ3v) is 5.26. The highest BCUT2D eigenvalue weighted by Gasteiger charge is 2.57. The van der Waals surface area contributed by atoms with Gasteiger partial charge >= 0.3 is 0 Å². The van der Waals surface area contributed by atoms with E-state index in [2.05, 4.69) is 49.9 Å². The number of nitrogens with zero attached hydrogens (tertiary/aromatic N) is 1. The zero-order valence-corrected chi connectivity index (χ0v) is 12.7. The Balaban J connectivity index is 1.93. The largest absolute Gasteiger partial charge is 0.467 e. The van der Waals surface area contributed by atoms with Gasteiger partial charge in [-0.05, 0) is 50.6 Å². The summed E-state index contributed by atoms with van der Waals surface area (Å²) in [5.41, 5.74) is 10.0. The zero-order chi connectivity index (χ0) is 14.8. The maximum atomic E-state index is 6.47. The van der Waals surface area contributed by atoms with Crippen LogP contribution in [-0.2, 0) is 12.0 Å². The number of ether oxygens (including phenoxy) is 1. The summed E-state index contributed by atoms with van der Waals surface area (Å²) in [6.45, 7) is 7.53. The summed E-state index contributed by atoms with van der Waals surface area (Å²) in [6.07, 6.45) is 0. The van der Waals surface area contributed by atoms with Crippen LogP contribution in [0.3, 0.4) is 0 Å². The lowest BCUT2D eigenvalue weighted by atomic mass is 9.78. The molecule has 2 heterocycles. The Bertz CT molecular complexity index is 738. The van der Waals surface area contributed by atoms with Crippen LogP contribution in [0, 0.1) is 0 Å². The SMILES string of the molecule is CC1(C)c2ccccc2N2Cc3cc(N)ccc3O[C@]21C. The summed E-state index contributed by atoms with van der Waals surface area (Å²) < 4.78 is 6.47. The van der Waals surface area contributed by atoms with Crippen molar-refractivity contribution in [3.63, 3.8) is 0 Å². The van der Waals surface area contributed by atoms with Crippen LogP contribution in [0.4, 0.5) is 11.4 Å². The lowest BCUT2D eigenvalue weighted by molar-refractivity contribution is 0.0145. The van der Waals surface area contributed by atoms with E-state index in [0.29, 0.717) is 0 Å². The molecule has 0 radical (unpaired) electrons. The normalized spacial score (nSPS) is 24.8. The van der Waals surface area contributed by atoms with E-state index in [1.807, 2.05) is 18.2 Å². The molecule has 21 heavy (non-hydrogen) atoms.